The van der Waals surface area contributed by atoms with Gasteiger partial charge >= 0.3 is 5.97 Å². The number of rotatable bonds is 4. The van der Waals surface area contributed by atoms with Gasteiger partial charge in [-0.1, -0.05) is 0 Å². The maximum Gasteiger partial charge on any atom is 0.303 e. The van der Waals surface area contributed by atoms with Crippen LogP contribution in [0, 0.1) is 5.41 Å². The van der Waals surface area contributed by atoms with Gasteiger partial charge in [-0.25, -0.2) is 0 Å². The molecule has 0 bridgehead atoms. The van der Waals surface area contributed by atoms with E-state index in [9.17, 15) is 14.4 Å². The molecule has 0 aromatic rings. The van der Waals surface area contributed by atoms with Crippen LogP contribution in [0.3, 0.4) is 0 Å². The number of hydrogen-bond acceptors (Lipinski definition) is 3. The van der Waals surface area contributed by atoms with Crippen LogP contribution in [-0.2, 0) is 14.4 Å². The van der Waals surface area contributed by atoms with Crippen LogP contribution in [0.2, 0.25) is 0 Å². The Morgan fingerprint density at radius 2 is 2.00 bits per heavy atom. The molecule has 1 aliphatic rings. The lowest BCUT2D eigenvalue weighted by molar-refractivity contribution is -0.141. The van der Waals surface area contributed by atoms with Crippen molar-refractivity contribution < 1.29 is 19.5 Å². The Labute approximate surface area is 100.0 Å². The number of amides is 2. The molecule has 1 saturated heterocycles. The first-order valence-electron chi connectivity index (χ1n) is 5.61. The molecular formula is C11H18N2O4. The summed E-state index contributed by atoms with van der Waals surface area (Å²) in [5, 5.41) is 11.1. The van der Waals surface area contributed by atoms with Crippen LogP contribution in [-0.4, -0.2) is 47.9 Å². The van der Waals surface area contributed by atoms with Gasteiger partial charge in [0.1, 0.15) is 0 Å². The first kappa shape index (κ1) is 13.5. The van der Waals surface area contributed by atoms with Gasteiger partial charge in [-0.3, -0.25) is 14.4 Å². The van der Waals surface area contributed by atoms with Crippen LogP contribution < -0.4 is 5.32 Å². The van der Waals surface area contributed by atoms with Crippen molar-refractivity contribution in [3.05, 3.63) is 0 Å². The summed E-state index contributed by atoms with van der Waals surface area (Å²) in [4.78, 5) is 35.2. The molecule has 6 heteroatoms. The highest BCUT2D eigenvalue weighted by atomic mass is 16.4. The van der Waals surface area contributed by atoms with Crippen molar-refractivity contribution in [3.63, 3.8) is 0 Å². The van der Waals surface area contributed by atoms with E-state index in [0.717, 1.165) is 0 Å². The van der Waals surface area contributed by atoms with Crippen molar-refractivity contribution in [2.24, 2.45) is 5.41 Å². The number of carboxylic acids is 1. The average molecular weight is 242 g/mol. The summed E-state index contributed by atoms with van der Waals surface area (Å²) in [6, 6.07) is 0. The van der Waals surface area contributed by atoms with Gasteiger partial charge in [0.05, 0.1) is 11.8 Å². The molecule has 0 saturated carbocycles. The smallest absolute Gasteiger partial charge is 0.303 e. The first-order chi connectivity index (χ1) is 7.89. The molecule has 0 radical (unpaired) electrons. The Morgan fingerprint density at radius 1 is 1.35 bits per heavy atom. The topological polar surface area (TPSA) is 86.7 Å². The third-order valence-electron chi connectivity index (χ3n) is 3.15. The highest BCUT2D eigenvalue weighted by Crippen LogP contribution is 2.30. The number of carbonyl (C=O) groups is 3. The molecule has 0 spiro atoms. The van der Waals surface area contributed by atoms with Crippen LogP contribution in [0.25, 0.3) is 0 Å². The van der Waals surface area contributed by atoms with Crippen LogP contribution in [0.1, 0.15) is 26.2 Å². The van der Waals surface area contributed by atoms with Crippen LogP contribution in [0.4, 0.5) is 0 Å². The van der Waals surface area contributed by atoms with Gasteiger partial charge in [-0.05, 0) is 13.3 Å². The van der Waals surface area contributed by atoms with Gasteiger partial charge < -0.3 is 15.3 Å². The van der Waals surface area contributed by atoms with E-state index in [0.29, 0.717) is 19.5 Å². The molecule has 1 atom stereocenters. The van der Waals surface area contributed by atoms with Crippen molar-refractivity contribution in [3.8, 4) is 0 Å². The number of hydrogen-bond donors (Lipinski definition) is 2. The largest absolute Gasteiger partial charge is 0.481 e. The zero-order chi connectivity index (χ0) is 13.1. The highest BCUT2D eigenvalue weighted by molar-refractivity contribution is 5.85. The number of nitrogens with zero attached hydrogens (tertiary/aromatic N) is 1. The summed E-state index contributed by atoms with van der Waals surface area (Å²) < 4.78 is 0. The predicted octanol–water partition coefficient (Wildman–Crippen LogP) is -0.164. The Bertz CT molecular complexity index is 342. The van der Waals surface area contributed by atoms with Gasteiger partial charge in [-0.2, -0.15) is 0 Å². The van der Waals surface area contributed by atoms with Crippen LogP contribution >= 0.6 is 0 Å². The fourth-order valence-corrected chi connectivity index (χ4v) is 2.03. The lowest BCUT2D eigenvalue weighted by Gasteiger charge is -2.22. The monoisotopic (exact) mass is 242 g/mol. The fraction of sp³-hybridized carbons (Fsp3) is 0.727. The standard InChI is InChI=1S/C11H18N2O4/c1-11(10(17)12-2)5-6-13(7-11)8(14)3-4-9(15)16/h3-7H2,1-2H3,(H,12,17)(H,15,16). The molecule has 0 aromatic carbocycles. The molecule has 17 heavy (non-hydrogen) atoms. The molecule has 0 aromatic heterocycles. The molecule has 1 heterocycles. The summed E-state index contributed by atoms with van der Waals surface area (Å²) in [5.41, 5.74) is -0.548. The van der Waals surface area contributed by atoms with Gasteiger partial charge in [0.25, 0.3) is 0 Å². The van der Waals surface area contributed by atoms with Crippen molar-refractivity contribution in [2.45, 2.75) is 26.2 Å². The number of likely N-dealkylation sites (tertiary alicyclic amines) is 1. The molecule has 2 N–H and O–H groups in total. The van der Waals surface area contributed by atoms with E-state index >= 15 is 0 Å². The molecule has 0 aliphatic carbocycles. The summed E-state index contributed by atoms with van der Waals surface area (Å²) >= 11 is 0. The molecule has 6 nitrogen and oxygen atoms in total. The molecule has 1 aliphatic heterocycles. The van der Waals surface area contributed by atoms with E-state index in [1.54, 1.807) is 11.9 Å². The lowest BCUT2D eigenvalue weighted by Crippen LogP contribution is -2.40. The zero-order valence-corrected chi connectivity index (χ0v) is 10.2. The van der Waals surface area contributed by atoms with E-state index in [4.69, 9.17) is 5.11 Å². The molecule has 96 valence electrons. The van der Waals surface area contributed by atoms with Crippen LogP contribution in [0.15, 0.2) is 0 Å². The second kappa shape index (κ2) is 5.16. The fourth-order valence-electron chi connectivity index (χ4n) is 2.03. The van der Waals surface area contributed by atoms with E-state index in [-0.39, 0.29) is 24.7 Å². The predicted molar refractivity (Wildman–Crippen MR) is 60.2 cm³/mol. The Morgan fingerprint density at radius 3 is 2.53 bits per heavy atom. The number of aliphatic carboxylic acids is 1. The van der Waals surface area contributed by atoms with Gasteiger partial charge in [-0.15, -0.1) is 0 Å². The normalized spacial score (nSPS) is 23.5. The highest BCUT2D eigenvalue weighted by Gasteiger charge is 2.41. The molecular weight excluding hydrogens is 224 g/mol. The molecule has 1 fully saturated rings. The number of nitrogens with one attached hydrogen (secondary N) is 1. The van der Waals surface area contributed by atoms with E-state index in [1.165, 1.54) is 0 Å². The van der Waals surface area contributed by atoms with Gasteiger partial charge in [0.2, 0.25) is 11.8 Å². The van der Waals surface area contributed by atoms with Crippen molar-refractivity contribution >= 4 is 17.8 Å². The summed E-state index contributed by atoms with van der Waals surface area (Å²) in [7, 11) is 1.57. The lowest BCUT2D eigenvalue weighted by atomic mass is 9.89. The SMILES string of the molecule is CNC(=O)C1(C)CCN(C(=O)CCC(=O)O)C1. The van der Waals surface area contributed by atoms with Crippen molar-refractivity contribution in [1.29, 1.82) is 0 Å². The third-order valence-corrected chi connectivity index (χ3v) is 3.15. The van der Waals surface area contributed by atoms with E-state index in [2.05, 4.69) is 5.32 Å². The summed E-state index contributed by atoms with van der Waals surface area (Å²) in [6.07, 6.45) is 0.455. The second-order valence-corrected chi connectivity index (χ2v) is 4.60. The maximum absolute atomic E-state index is 11.7. The first-order valence-corrected chi connectivity index (χ1v) is 5.61. The van der Waals surface area contributed by atoms with E-state index in [1.807, 2.05) is 6.92 Å². The summed E-state index contributed by atoms with van der Waals surface area (Å²) in [6.45, 7) is 2.70. The summed E-state index contributed by atoms with van der Waals surface area (Å²) in [5.74, 6) is -1.25. The van der Waals surface area contributed by atoms with Crippen molar-refractivity contribution in [1.82, 2.24) is 10.2 Å². The number of carboxylic acid groups (broad SMARTS) is 1. The average Bonchev–Trinajstić information content (AvgIpc) is 2.69. The van der Waals surface area contributed by atoms with Crippen molar-refractivity contribution in [2.75, 3.05) is 20.1 Å². The molecule has 2 amide bonds. The Balaban J connectivity index is 2.52. The maximum atomic E-state index is 11.7. The Hall–Kier alpha value is -1.59. The third kappa shape index (κ3) is 3.18. The second-order valence-electron chi connectivity index (χ2n) is 4.60. The quantitative estimate of drug-likeness (QED) is 0.717. The zero-order valence-electron chi connectivity index (χ0n) is 10.2. The number of carbonyl (C=O) groups excluding carboxylic acids is 2. The Kier molecular flexibility index (Phi) is 4.09. The van der Waals surface area contributed by atoms with Gasteiger partial charge in [0.15, 0.2) is 0 Å². The minimum atomic E-state index is -0.980. The van der Waals surface area contributed by atoms with E-state index < -0.39 is 11.4 Å². The molecule has 1 unspecified atom stereocenters. The van der Waals surface area contributed by atoms with Crippen LogP contribution in [0.5, 0.6) is 0 Å². The minimum Gasteiger partial charge on any atom is -0.481 e. The molecule has 1 rings (SSSR count). The minimum absolute atomic E-state index is 0.000836. The van der Waals surface area contributed by atoms with Gasteiger partial charge in [0, 0.05) is 26.6 Å².